The minimum Gasteiger partial charge on any atom is -0.299 e. The van der Waals surface area contributed by atoms with E-state index in [1.165, 1.54) is 28.4 Å². The molecule has 2 nitrogen and oxygen atoms in total. The molecule has 0 amide bonds. The number of carbonyl (C=O) groups excluding carboxylic acids is 1. The largest absolute Gasteiger partial charge is 0.299 e. The Morgan fingerprint density at radius 2 is 2.28 bits per heavy atom. The second-order valence-corrected chi connectivity index (χ2v) is 7.30. The van der Waals surface area contributed by atoms with E-state index in [1.807, 2.05) is 11.8 Å². The maximum absolute atomic E-state index is 11.9. The zero-order valence-corrected chi connectivity index (χ0v) is 12.1. The quantitative estimate of drug-likeness (QED) is 0.759. The van der Waals surface area contributed by atoms with E-state index in [4.69, 9.17) is 4.99 Å². The van der Waals surface area contributed by atoms with Crippen LogP contribution in [-0.2, 0) is 4.79 Å². The van der Waals surface area contributed by atoms with Crippen molar-refractivity contribution in [2.75, 3.05) is 5.75 Å². The molecule has 1 saturated carbocycles. The van der Waals surface area contributed by atoms with Gasteiger partial charge in [0.05, 0.1) is 0 Å². The maximum Gasteiger partial charge on any atom is 0.139 e. The standard InChI is InChI=1S/C15H21NOS/c1-10-4-6-18-13(10)7-12-9-15(5-3-14(15)17)8-11(2)16-12/h11H,3-9H2,1-2H3/t11-,15?/m1/s1. The first-order valence-corrected chi connectivity index (χ1v) is 7.98. The van der Waals surface area contributed by atoms with Crippen molar-refractivity contribution in [3.8, 4) is 0 Å². The lowest BCUT2D eigenvalue weighted by atomic mass is 9.60. The van der Waals surface area contributed by atoms with Crippen molar-refractivity contribution in [3.05, 3.63) is 10.5 Å². The van der Waals surface area contributed by atoms with E-state index >= 15 is 0 Å². The summed E-state index contributed by atoms with van der Waals surface area (Å²) in [5.74, 6) is 1.72. The van der Waals surface area contributed by atoms with Crippen LogP contribution in [0.5, 0.6) is 0 Å². The van der Waals surface area contributed by atoms with E-state index < -0.39 is 0 Å². The molecular weight excluding hydrogens is 242 g/mol. The number of hydrogen-bond donors (Lipinski definition) is 0. The van der Waals surface area contributed by atoms with Crippen LogP contribution >= 0.6 is 11.8 Å². The van der Waals surface area contributed by atoms with E-state index in [0.29, 0.717) is 11.8 Å². The summed E-state index contributed by atoms with van der Waals surface area (Å²) in [7, 11) is 0. The van der Waals surface area contributed by atoms with Gasteiger partial charge in [-0.1, -0.05) is 5.57 Å². The van der Waals surface area contributed by atoms with Gasteiger partial charge < -0.3 is 0 Å². The molecule has 0 bridgehead atoms. The van der Waals surface area contributed by atoms with E-state index in [2.05, 4.69) is 13.8 Å². The third-order valence-electron chi connectivity index (χ3n) is 4.65. The molecule has 0 aromatic heterocycles. The number of ketones is 1. The van der Waals surface area contributed by atoms with Crippen LogP contribution in [0.1, 0.15) is 52.4 Å². The molecular formula is C15H21NOS. The molecule has 1 aliphatic carbocycles. The van der Waals surface area contributed by atoms with Crippen molar-refractivity contribution >= 4 is 23.3 Å². The predicted molar refractivity (Wildman–Crippen MR) is 77.2 cm³/mol. The van der Waals surface area contributed by atoms with Crippen LogP contribution in [-0.4, -0.2) is 23.3 Å². The van der Waals surface area contributed by atoms with Gasteiger partial charge >= 0.3 is 0 Å². The fourth-order valence-electron chi connectivity index (χ4n) is 3.50. The van der Waals surface area contributed by atoms with Crippen LogP contribution in [0.2, 0.25) is 0 Å². The van der Waals surface area contributed by atoms with Crippen molar-refractivity contribution in [2.24, 2.45) is 10.4 Å². The summed E-state index contributed by atoms with van der Waals surface area (Å²) in [5, 5.41) is 0. The minimum absolute atomic E-state index is 0.00572. The maximum atomic E-state index is 11.9. The molecule has 1 unspecified atom stereocenters. The second kappa shape index (κ2) is 4.52. The Labute approximate surface area is 113 Å². The summed E-state index contributed by atoms with van der Waals surface area (Å²) in [6.45, 7) is 4.40. The summed E-state index contributed by atoms with van der Waals surface area (Å²) < 4.78 is 0. The first kappa shape index (κ1) is 12.5. The highest BCUT2D eigenvalue weighted by Gasteiger charge is 2.48. The average Bonchev–Trinajstić information content (AvgIpc) is 2.72. The first-order chi connectivity index (χ1) is 8.59. The number of Topliss-reactive ketones (excluding diaryl/α,β-unsaturated/α-hetero) is 1. The smallest absolute Gasteiger partial charge is 0.139 e. The van der Waals surface area contributed by atoms with Crippen LogP contribution < -0.4 is 0 Å². The molecule has 0 radical (unpaired) electrons. The molecule has 3 heteroatoms. The average molecular weight is 263 g/mol. The molecule has 1 fully saturated rings. The van der Waals surface area contributed by atoms with Gasteiger partial charge in [0.25, 0.3) is 0 Å². The summed E-state index contributed by atoms with van der Waals surface area (Å²) in [6.07, 6.45) is 6.06. The highest BCUT2D eigenvalue weighted by molar-refractivity contribution is 8.03. The van der Waals surface area contributed by atoms with E-state index in [0.717, 1.165) is 32.1 Å². The Morgan fingerprint density at radius 1 is 1.44 bits per heavy atom. The van der Waals surface area contributed by atoms with Crippen molar-refractivity contribution in [1.82, 2.24) is 0 Å². The number of carbonyl (C=O) groups is 1. The van der Waals surface area contributed by atoms with E-state index in [9.17, 15) is 4.79 Å². The molecule has 1 spiro atoms. The van der Waals surface area contributed by atoms with Crippen LogP contribution in [0.25, 0.3) is 0 Å². The molecule has 0 saturated heterocycles. The van der Waals surface area contributed by atoms with Gasteiger partial charge in [-0.05, 0) is 44.4 Å². The van der Waals surface area contributed by atoms with Crippen molar-refractivity contribution in [1.29, 1.82) is 0 Å². The van der Waals surface area contributed by atoms with Crippen molar-refractivity contribution < 1.29 is 4.79 Å². The van der Waals surface area contributed by atoms with Crippen LogP contribution in [0.3, 0.4) is 0 Å². The fraction of sp³-hybridized carbons (Fsp3) is 0.733. The molecule has 3 aliphatic rings. The highest BCUT2D eigenvalue weighted by Crippen LogP contribution is 2.48. The number of hydrogen-bond acceptors (Lipinski definition) is 3. The zero-order valence-electron chi connectivity index (χ0n) is 11.3. The van der Waals surface area contributed by atoms with Gasteiger partial charge in [0.2, 0.25) is 0 Å². The van der Waals surface area contributed by atoms with Gasteiger partial charge in [-0.2, -0.15) is 0 Å². The lowest BCUT2D eigenvalue weighted by Crippen LogP contribution is -2.46. The molecule has 2 aliphatic heterocycles. The Morgan fingerprint density at radius 3 is 2.83 bits per heavy atom. The predicted octanol–water partition coefficient (Wildman–Crippen LogP) is 3.76. The molecule has 0 aromatic rings. The Hall–Kier alpha value is -0.570. The molecule has 18 heavy (non-hydrogen) atoms. The monoisotopic (exact) mass is 263 g/mol. The van der Waals surface area contributed by atoms with Crippen LogP contribution in [0.15, 0.2) is 15.5 Å². The SMILES string of the molecule is CC1=C(CC2=N[C@H](C)CC3(CCC3=O)C2)SCC1. The van der Waals surface area contributed by atoms with Gasteiger partial charge in [-0.25, -0.2) is 0 Å². The summed E-state index contributed by atoms with van der Waals surface area (Å²) in [5.41, 5.74) is 2.81. The van der Waals surface area contributed by atoms with Gasteiger partial charge in [0, 0.05) is 35.8 Å². The van der Waals surface area contributed by atoms with Crippen LogP contribution in [0.4, 0.5) is 0 Å². The molecule has 3 rings (SSSR count). The molecule has 0 aromatic carbocycles. The molecule has 98 valence electrons. The summed E-state index contributed by atoms with van der Waals surface area (Å²) >= 11 is 1.99. The van der Waals surface area contributed by atoms with Gasteiger partial charge in [-0.15, -0.1) is 11.8 Å². The van der Waals surface area contributed by atoms with Gasteiger partial charge in [-0.3, -0.25) is 9.79 Å². The van der Waals surface area contributed by atoms with Crippen molar-refractivity contribution in [2.45, 2.75) is 58.4 Å². The number of thioether (sulfide) groups is 1. The summed E-state index contributed by atoms with van der Waals surface area (Å²) in [4.78, 5) is 18.3. The third-order valence-corrected chi connectivity index (χ3v) is 5.90. The fourth-order valence-corrected chi connectivity index (χ4v) is 4.77. The zero-order chi connectivity index (χ0) is 12.8. The lowest BCUT2D eigenvalue weighted by Gasteiger charge is -2.44. The Balaban J connectivity index is 1.76. The second-order valence-electron chi connectivity index (χ2n) is 6.11. The molecule has 2 atom stereocenters. The van der Waals surface area contributed by atoms with E-state index in [1.54, 1.807) is 0 Å². The number of nitrogens with zero attached hydrogens (tertiary/aromatic N) is 1. The molecule has 0 N–H and O–H groups in total. The number of rotatable bonds is 2. The van der Waals surface area contributed by atoms with E-state index in [-0.39, 0.29) is 5.41 Å². The Bertz CT molecular complexity index is 451. The number of allylic oxidation sites excluding steroid dienone is 2. The molecule has 2 heterocycles. The highest BCUT2D eigenvalue weighted by atomic mass is 32.2. The van der Waals surface area contributed by atoms with Gasteiger partial charge in [0.1, 0.15) is 5.78 Å². The topological polar surface area (TPSA) is 29.4 Å². The normalized spacial score (nSPS) is 36.0. The number of aliphatic imine (C=N–C) groups is 1. The first-order valence-electron chi connectivity index (χ1n) is 6.99. The van der Waals surface area contributed by atoms with Crippen LogP contribution in [0, 0.1) is 5.41 Å². The Kier molecular flexibility index (Phi) is 3.13. The van der Waals surface area contributed by atoms with Crippen molar-refractivity contribution in [3.63, 3.8) is 0 Å². The van der Waals surface area contributed by atoms with Gasteiger partial charge in [0.15, 0.2) is 0 Å². The summed E-state index contributed by atoms with van der Waals surface area (Å²) in [6, 6.07) is 0.338. The minimum atomic E-state index is -0.00572. The lowest BCUT2D eigenvalue weighted by molar-refractivity contribution is -0.138. The third kappa shape index (κ3) is 2.07.